The fourth-order valence-corrected chi connectivity index (χ4v) is 4.42. The maximum Gasteiger partial charge on any atom is 0.408 e. The van der Waals surface area contributed by atoms with Crippen LogP contribution in [0.25, 0.3) is 0 Å². The van der Waals surface area contributed by atoms with Crippen molar-refractivity contribution in [3.63, 3.8) is 0 Å². The Labute approximate surface area is 179 Å². The van der Waals surface area contributed by atoms with Crippen LogP contribution in [-0.2, 0) is 20.7 Å². The Bertz CT molecular complexity index is 972. The third-order valence-corrected chi connectivity index (χ3v) is 6.21. The molecule has 5 N–H and O–H groups in total. The van der Waals surface area contributed by atoms with Gasteiger partial charge in [0.25, 0.3) is 5.91 Å². The van der Waals surface area contributed by atoms with E-state index in [0.29, 0.717) is 18.5 Å². The van der Waals surface area contributed by atoms with Gasteiger partial charge in [-0.15, -0.1) is 0 Å². The number of benzene rings is 2. The number of anilines is 1. The smallest absolute Gasteiger partial charge is 0.408 e. The van der Waals surface area contributed by atoms with Crippen molar-refractivity contribution in [3.05, 3.63) is 66.2 Å². The van der Waals surface area contributed by atoms with Crippen LogP contribution in [0.3, 0.4) is 0 Å². The number of urea groups is 1. The molecule has 1 heterocycles. The summed E-state index contributed by atoms with van der Waals surface area (Å²) in [4.78, 5) is 37.0. The Morgan fingerprint density at radius 2 is 1.74 bits per heavy atom. The number of nitrogens with one attached hydrogen (secondary N) is 3. The van der Waals surface area contributed by atoms with Crippen LogP contribution in [-0.4, -0.2) is 35.3 Å². The molecule has 0 spiro atoms. The number of amides is 4. The molecular formula is C20H24N5O5P. The standard InChI is InChI=1S/C20H24N5O5P/c21-31(29,24-19(27)22-16-10-5-2-6-11-16)25-13-7-12-17(18(25)26)23-20(28)30-14-15-8-3-1-4-9-15/h1-6,8-11,17H,7,12-14H2,(H,23,28)(H4,21,22,24,27,29)/t17-,31?/m0/s1. The molecule has 3 rings (SSSR count). The highest BCUT2D eigenvalue weighted by atomic mass is 31.2. The average molecular weight is 445 g/mol. The number of hydrogen-bond acceptors (Lipinski definition) is 5. The number of ether oxygens (including phenoxy) is 1. The zero-order valence-electron chi connectivity index (χ0n) is 16.7. The molecule has 2 aromatic carbocycles. The summed E-state index contributed by atoms with van der Waals surface area (Å²) in [5, 5.41) is 7.14. The number of nitrogens with zero attached hydrogens (tertiary/aromatic N) is 1. The highest BCUT2D eigenvalue weighted by Gasteiger charge is 2.39. The fraction of sp³-hybridized carbons (Fsp3) is 0.250. The van der Waals surface area contributed by atoms with Gasteiger partial charge in [0, 0.05) is 12.2 Å². The Hall–Kier alpha value is -3.36. The SMILES string of the molecule is NP(=O)(NC(=O)Nc1ccccc1)N1CCC[C@H](NC(=O)OCc2ccccc2)C1=O. The molecule has 0 radical (unpaired) electrons. The number of carbonyl (C=O) groups excluding carboxylic acids is 3. The van der Waals surface area contributed by atoms with E-state index in [1.54, 1.807) is 42.5 Å². The van der Waals surface area contributed by atoms with E-state index in [2.05, 4.69) is 15.7 Å². The quantitative estimate of drug-likeness (QED) is 0.504. The van der Waals surface area contributed by atoms with Crippen LogP contribution in [0.5, 0.6) is 0 Å². The van der Waals surface area contributed by atoms with Crippen LogP contribution in [0.1, 0.15) is 18.4 Å². The molecule has 2 aromatic rings. The Kier molecular flexibility index (Phi) is 7.28. The summed E-state index contributed by atoms with van der Waals surface area (Å²) in [6.07, 6.45) is 0.00976. The number of alkyl carbamates (subject to hydrolysis) is 1. The highest BCUT2D eigenvalue weighted by molar-refractivity contribution is 7.58. The topological polar surface area (TPSA) is 143 Å². The van der Waals surface area contributed by atoms with Crippen molar-refractivity contribution in [1.29, 1.82) is 0 Å². The molecule has 164 valence electrons. The van der Waals surface area contributed by atoms with E-state index >= 15 is 0 Å². The fourth-order valence-electron chi connectivity index (χ4n) is 3.08. The van der Waals surface area contributed by atoms with Gasteiger partial charge in [0.15, 0.2) is 0 Å². The molecule has 1 aliphatic rings. The zero-order valence-corrected chi connectivity index (χ0v) is 17.6. The normalized spacial score (nSPS) is 17.9. The molecule has 0 bridgehead atoms. The van der Waals surface area contributed by atoms with Crippen molar-refractivity contribution < 1.29 is 23.7 Å². The third kappa shape index (κ3) is 6.31. The van der Waals surface area contributed by atoms with Gasteiger partial charge in [0.2, 0.25) is 0 Å². The molecule has 1 saturated heterocycles. The minimum Gasteiger partial charge on any atom is -0.445 e. The summed E-state index contributed by atoms with van der Waals surface area (Å²) in [6.45, 7) is 0.142. The van der Waals surface area contributed by atoms with E-state index in [1.807, 2.05) is 18.2 Å². The van der Waals surface area contributed by atoms with E-state index in [0.717, 1.165) is 10.2 Å². The van der Waals surface area contributed by atoms with Gasteiger partial charge < -0.3 is 15.4 Å². The van der Waals surface area contributed by atoms with Gasteiger partial charge in [0.05, 0.1) is 0 Å². The minimum absolute atomic E-state index is 0.0495. The van der Waals surface area contributed by atoms with Crippen molar-refractivity contribution in [2.45, 2.75) is 25.5 Å². The average Bonchev–Trinajstić information content (AvgIpc) is 2.74. The lowest BCUT2D eigenvalue weighted by Crippen LogP contribution is -2.53. The summed E-state index contributed by atoms with van der Waals surface area (Å²) in [6, 6.07) is 15.8. The van der Waals surface area contributed by atoms with Gasteiger partial charge in [-0.3, -0.25) is 19.1 Å². The number of carbonyl (C=O) groups is 3. The van der Waals surface area contributed by atoms with Crippen molar-refractivity contribution in [3.8, 4) is 0 Å². The lowest BCUT2D eigenvalue weighted by molar-refractivity contribution is -0.130. The van der Waals surface area contributed by atoms with Gasteiger partial charge in [-0.1, -0.05) is 48.5 Å². The van der Waals surface area contributed by atoms with Crippen molar-refractivity contribution in [2.75, 3.05) is 11.9 Å². The van der Waals surface area contributed by atoms with E-state index in [-0.39, 0.29) is 13.2 Å². The molecule has 1 fully saturated rings. The van der Waals surface area contributed by atoms with E-state index in [1.165, 1.54) is 0 Å². The third-order valence-electron chi connectivity index (χ3n) is 4.57. The Morgan fingerprint density at radius 1 is 1.10 bits per heavy atom. The van der Waals surface area contributed by atoms with Gasteiger partial charge in [-0.05, 0) is 30.5 Å². The second-order valence-electron chi connectivity index (χ2n) is 6.92. The molecule has 0 aliphatic carbocycles. The van der Waals surface area contributed by atoms with Crippen molar-refractivity contribution in [1.82, 2.24) is 15.1 Å². The molecule has 4 amide bonds. The molecule has 31 heavy (non-hydrogen) atoms. The van der Waals surface area contributed by atoms with Crippen LogP contribution in [0.15, 0.2) is 60.7 Å². The molecule has 10 nitrogen and oxygen atoms in total. The van der Waals surface area contributed by atoms with Crippen molar-refractivity contribution >= 4 is 31.3 Å². The van der Waals surface area contributed by atoms with E-state index in [4.69, 9.17) is 10.2 Å². The zero-order chi connectivity index (χ0) is 22.3. The number of nitrogens with two attached hydrogens (primary N) is 1. The predicted octanol–water partition coefficient (Wildman–Crippen LogP) is 2.79. The highest BCUT2D eigenvalue weighted by Crippen LogP contribution is 2.39. The second kappa shape index (κ2) is 10.1. The maximum absolute atomic E-state index is 12.9. The van der Waals surface area contributed by atoms with Crippen LogP contribution >= 0.6 is 7.59 Å². The number of hydrogen-bond donors (Lipinski definition) is 4. The second-order valence-corrected chi connectivity index (χ2v) is 8.87. The first-order chi connectivity index (χ1) is 14.8. The van der Waals surface area contributed by atoms with E-state index in [9.17, 15) is 18.9 Å². The Morgan fingerprint density at radius 3 is 2.42 bits per heavy atom. The Balaban J connectivity index is 1.55. The first-order valence-electron chi connectivity index (χ1n) is 9.67. The molecule has 2 atom stereocenters. The molecule has 11 heteroatoms. The van der Waals surface area contributed by atoms with Crippen molar-refractivity contribution in [2.24, 2.45) is 5.50 Å². The van der Waals surface area contributed by atoms with Crippen LogP contribution in [0, 0.1) is 0 Å². The largest absolute Gasteiger partial charge is 0.445 e. The monoisotopic (exact) mass is 445 g/mol. The van der Waals surface area contributed by atoms with Crippen LogP contribution in [0.4, 0.5) is 15.3 Å². The predicted molar refractivity (Wildman–Crippen MR) is 115 cm³/mol. The first-order valence-corrected chi connectivity index (χ1v) is 11.4. The molecule has 0 saturated carbocycles. The number of piperidine rings is 1. The van der Waals surface area contributed by atoms with Gasteiger partial charge >= 0.3 is 19.7 Å². The summed E-state index contributed by atoms with van der Waals surface area (Å²) < 4.78 is 18.9. The van der Waals surface area contributed by atoms with Gasteiger partial charge in [-0.2, -0.15) is 0 Å². The number of para-hydroxylation sites is 1. The van der Waals surface area contributed by atoms with Crippen LogP contribution in [0.2, 0.25) is 0 Å². The molecule has 1 aliphatic heterocycles. The summed E-state index contributed by atoms with van der Waals surface area (Å²) >= 11 is 0. The van der Waals surface area contributed by atoms with Gasteiger partial charge in [-0.25, -0.2) is 15.1 Å². The lowest BCUT2D eigenvalue weighted by atomic mass is 10.1. The minimum atomic E-state index is -4.03. The molecule has 0 aromatic heterocycles. The molecule has 1 unspecified atom stereocenters. The molecular weight excluding hydrogens is 421 g/mol. The summed E-state index contributed by atoms with van der Waals surface area (Å²) in [5.41, 5.74) is 7.09. The van der Waals surface area contributed by atoms with E-state index < -0.39 is 31.7 Å². The van der Waals surface area contributed by atoms with Gasteiger partial charge in [0.1, 0.15) is 12.6 Å². The number of rotatable bonds is 6. The first kappa shape index (κ1) is 22.3. The summed E-state index contributed by atoms with van der Waals surface area (Å²) in [7, 11) is -4.03. The van der Waals surface area contributed by atoms with Crippen LogP contribution < -0.4 is 21.2 Å². The summed E-state index contributed by atoms with van der Waals surface area (Å²) in [5.74, 6) is -0.645. The maximum atomic E-state index is 12.9. The lowest BCUT2D eigenvalue weighted by Gasteiger charge is -2.35.